The SMILES string of the molecule is O=C(NCC1CCN(c2cccc(Br)c2)C1)C1=NN(Cc2ccc(F)cc2)C(=O)CC1. The fraction of sp³-hybridized carbons (Fsp3) is 0.348. The summed E-state index contributed by atoms with van der Waals surface area (Å²) in [6.07, 6.45) is 1.58. The van der Waals surface area contributed by atoms with Gasteiger partial charge in [-0.1, -0.05) is 34.1 Å². The molecular formula is C23H24BrFN4O2. The molecule has 162 valence electrons. The molecule has 2 aliphatic rings. The van der Waals surface area contributed by atoms with Crippen molar-refractivity contribution in [3.05, 3.63) is 64.4 Å². The lowest BCUT2D eigenvalue weighted by Crippen LogP contribution is -2.40. The predicted octanol–water partition coefficient (Wildman–Crippen LogP) is 3.71. The highest BCUT2D eigenvalue weighted by Gasteiger charge is 2.27. The van der Waals surface area contributed by atoms with Gasteiger partial charge in [0.2, 0.25) is 5.91 Å². The molecule has 0 bridgehead atoms. The Morgan fingerprint density at radius 2 is 2.00 bits per heavy atom. The number of rotatable bonds is 6. The van der Waals surface area contributed by atoms with Crippen LogP contribution in [-0.2, 0) is 16.1 Å². The summed E-state index contributed by atoms with van der Waals surface area (Å²) in [6.45, 7) is 2.64. The van der Waals surface area contributed by atoms with Crippen molar-refractivity contribution in [2.45, 2.75) is 25.8 Å². The van der Waals surface area contributed by atoms with Crippen molar-refractivity contribution in [1.82, 2.24) is 10.3 Å². The highest BCUT2D eigenvalue weighted by Crippen LogP contribution is 2.26. The Labute approximate surface area is 189 Å². The first-order valence-corrected chi connectivity index (χ1v) is 11.2. The molecule has 2 aromatic rings. The summed E-state index contributed by atoms with van der Waals surface area (Å²) < 4.78 is 14.1. The maximum absolute atomic E-state index is 13.1. The number of nitrogens with zero attached hydrogens (tertiary/aromatic N) is 3. The van der Waals surface area contributed by atoms with Gasteiger partial charge in [0.05, 0.1) is 6.54 Å². The second-order valence-electron chi connectivity index (χ2n) is 7.92. The third-order valence-corrected chi connectivity index (χ3v) is 6.12. The molecule has 4 rings (SSSR count). The van der Waals surface area contributed by atoms with Gasteiger partial charge in [-0.05, 0) is 48.2 Å². The Morgan fingerprint density at radius 1 is 1.19 bits per heavy atom. The summed E-state index contributed by atoms with van der Waals surface area (Å²) in [6, 6.07) is 14.1. The number of hydrogen-bond acceptors (Lipinski definition) is 4. The predicted molar refractivity (Wildman–Crippen MR) is 121 cm³/mol. The monoisotopic (exact) mass is 486 g/mol. The molecule has 0 radical (unpaired) electrons. The maximum Gasteiger partial charge on any atom is 0.267 e. The van der Waals surface area contributed by atoms with Gasteiger partial charge in [0.1, 0.15) is 11.5 Å². The molecule has 1 unspecified atom stereocenters. The number of amides is 2. The van der Waals surface area contributed by atoms with Crippen molar-refractivity contribution in [3.63, 3.8) is 0 Å². The van der Waals surface area contributed by atoms with E-state index in [9.17, 15) is 14.0 Å². The molecule has 1 N–H and O–H groups in total. The van der Waals surface area contributed by atoms with Gasteiger partial charge < -0.3 is 10.2 Å². The molecule has 8 heteroatoms. The van der Waals surface area contributed by atoms with Crippen molar-refractivity contribution in [3.8, 4) is 0 Å². The van der Waals surface area contributed by atoms with Crippen LogP contribution in [-0.4, -0.2) is 42.2 Å². The van der Waals surface area contributed by atoms with Crippen LogP contribution in [0.25, 0.3) is 0 Å². The van der Waals surface area contributed by atoms with Gasteiger partial charge in [-0.15, -0.1) is 0 Å². The molecule has 0 saturated carbocycles. The normalized spacial score (nSPS) is 18.8. The molecule has 31 heavy (non-hydrogen) atoms. The Kier molecular flexibility index (Phi) is 6.65. The van der Waals surface area contributed by atoms with Crippen molar-refractivity contribution in [1.29, 1.82) is 0 Å². The summed E-state index contributed by atoms with van der Waals surface area (Å²) in [5.41, 5.74) is 2.30. The lowest BCUT2D eigenvalue weighted by Gasteiger charge is -2.23. The molecule has 1 atom stereocenters. The van der Waals surface area contributed by atoms with Gasteiger partial charge in [0.15, 0.2) is 0 Å². The topological polar surface area (TPSA) is 65.0 Å². The van der Waals surface area contributed by atoms with Crippen LogP contribution in [0.5, 0.6) is 0 Å². The summed E-state index contributed by atoms with van der Waals surface area (Å²) in [4.78, 5) is 27.2. The van der Waals surface area contributed by atoms with Gasteiger partial charge in [-0.25, -0.2) is 9.40 Å². The molecule has 6 nitrogen and oxygen atoms in total. The van der Waals surface area contributed by atoms with Crippen LogP contribution in [0, 0.1) is 11.7 Å². The lowest BCUT2D eigenvalue weighted by molar-refractivity contribution is -0.132. The number of nitrogens with one attached hydrogen (secondary N) is 1. The van der Waals surface area contributed by atoms with E-state index in [-0.39, 0.29) is 30.6 Å². The van der Waals surface area contributed by atoms with E-state index >= 15 is 0 Å². The third kappa shape index (κ3) is 5.50. The van der Waals surface area contributed by atoms with E-state index in [1.807, 2.05) is 12.1 Å². The first-order chi connectivity index (χ1) is 15.0. The molecular weight excluding hydrogens is 463 g/mol. The molecule has 0 spiro atoms. The van der Waals surface area contributed by atoms with E-state index < -0.39 is 0 Å². The minimum absolute atomic E-state index is 0.138. The number of hydrogen-bond donors (Lipinski definition) is 1. The van der Waals surface area contributed by atoms with Crippen LogP contribution in [0.1, 0.15) is 24.8 Å². The zero-order valence-electron chi connectivity index (χ0n) is 17.1. The van der Waals surface area contributed by atoms with E-state index in [1.165, 1.54) is 22.8 Å². The Hall–Kier alpha value is -2.74. The maximum atomic E-state index is 13.1. The minimum Gasteiger partial charge on any atom is -0.371 e. The highest BCUT2D eigenvalue weighted by atomic mass is 79.9. The van der Waals surface area contributed by atoms with Crippen molar-refractivity contribution in [2.24, 2.45) is 11.0 Å². The molecule has 2 heterocycles. The molecule has 2 aliphatic heterocycles. The number of carbonyl (C=O) groups is 2. The van der Waals surface area contributed by atoms with Gasteiger partial charge >= 0.3 is 0 Å². The van der Waals surface area contributed by atoms with Crippen molar-refractivity contribution >= 4 is 39.1 Å². The van der Waals surface area contributed by atoms with E-state index in [4.69, 9.17) is 0 Å². The molecule has 2 amide bonds. The smallest absolute Gasteiger partial charge is 0.267 e. The summed E-state index contributed by atoms with van der Waals surface area (Å²) in [5.74, 6) is -0.328. The zero-order valence-corrected chi connectivity index (χ0v) is 18.6. The van der Waals surface area contributed by atoms with Gasteiger partial charge in [-0.2, -0.15) is 5.10 Å². The van der Waals surface area contributed by atoms with Crippen LogP contribution in [0.4, 0.5) is 10.1 Å². The van der Waals surface area contributed by atoms with Crippen LogP contribution in [0.2, 0.25) is 0 Å². The van der Waals surface area contributed by atoms with E-state index in [2.05, 4.69) is 43.4 Å². The quantitative estimate of drug-likeness (QED) is 0.676. The molecule has 0 aromatic heterocycles. The molecule has 1 saturated heterocycles. The van der Waals surface area contributed by atoms with Crippen molar-refractivity contribution in [2.75, 3.05) is 24.5 Å². The fourth-order valence-corrected chi connectivity index (χ4v) is 4.28. The van der Waals surface area contributed by atoms with E-state index in [0.717, 1.165) is 29.5 Å². The minimum atomic E-state index is -0.331. The number of anilines is 1. The fourth-order valence-electron chi connectivity index (χ4n) is 3.90. The Morgan fingerprint density at radius 3 is 2.77 bits per heavy atom. The van der Waals surface area contributed by atoms with Crippen LogP contribution in [0.3, 0.4) is 0 Å². The van der Waals surface area contributed by atoms with Gasteiger partial charge in [-0.3, -0.25) is 9.59 Å². The largest absolute Gasteiger partial charge is 0.371 e. The second kappa shape index (κ2) is 9.60. The number of halogens is 2. The number of carbonyl (C=O) groups excluding carboxylic acids is 2. The van der Waals surface area contributed by atoms with Gasteiger partial charge in [0.25, 0.3) is 5.91 Å². The average molecular weight is 487 g/mol. The summed E-state index contributed by atoms with van der Waals surface area (Å²) >= 11 is 3.51. The first-order valence-electron chi connectivity index (χ1n) is 10.4. The van der Waals surface area contributed by atoms with Crippen LogP contribution >= 0.6 is 15.9 Å². The standard InChI is InChI=1S/C23H24BrFN4O2/c24-18-2-1-3-20(12-18)28-11-10-17(14-28)13-26-23(31)21-8-9-22(30)29(27-21)15-16-4-6-19(25)7-5-16/h1-7,12,17H,8-11,13-15H2,(H,26,31). The second-order valence-corrected chi connectivity index (χ2v) is 8.83. The van der Waals surface area contributed by atoms with Crippen LogP contribution < -0.4 is 10.2 Å². The molecule has 2 aromatic carbocycles. The summed E-state index contributed by atoms with van der Waals surface area (Å²) in [7, 11) is 0. The van der Waals surface area contributed by atoms with Crippen molar-refractivity contribution < 1.29 is 14.0 Å². The molecule has 0 aliphatic carbocycles. The van der Waals surface area contributed by atoms with Crippen LogP contribution in [0.15, 0.2) is 58.1 Å². The summed E-state index contributed by atoms with van der Waals surface area (Å²) in [5, 5.41) is 8.57. The average Bonchev–Trinajstić information content (AvgIpc) is 3.24. The van der Waals surface area contributed by atoms with Gasteiger partial charge in [0, 0.05) is 42.6 Å². The zero-order chi connectivity index (χ0) is 21.8. The first kappa shape index (κ1) is 21.5. The van der Waals surface area contributed by atoms with E-state index in [0.29, 0.717) is 24.6 Å². The lowest BCUT2D eigenvalue weighted by atomic mass is 10.1. The third-order valence-electron chi connectivity index (χ3n) is 5.62. The number of benzene rings is 2. The highest BCUT2D eigenvalue weighted by molar-refractivity contribution is 9.10. The Balaban J connectivity index is 1.31. The number of hydrazone groups is 1. The van der Waals surface area contributed by atoms with E-state index in [1.54, 1.807) is 12.1 Å². The Bertz CT molecular complexity index is 995. The molecule has 1 fully saturated rings.